The van der Waals surface area contributed by atoms with Crippen molar-refractivity contribution in [3.05, 3.63) is 54.1 Å². The number of unbranched alkanes of at least 4 members (excludes halogenated alkanes) is 22. The highest BCUT2D eigenvalue weighted by atomic mass is 79.9. The number of allylic oxidation sites excluding steroid dienone is 4. The van der Waals surface area contributed by atoms with Crippen LogP contribution in [0.25, 0.3) is 0 Å². The van der Waals surface area contributed by atoms with Crippen LogP contribution in [0.5, 0.6) is 5.75 Å². The van der Waals surface area contributed by atoms with Crippen LogP contribution in [0.1, 0.15) is 199 Å². The predicted octanol–water partition coefficient (Wildman–Crippen LogP) is 14.0. The van der Waals surface area contributed by atoms with E-state index in [1.165, 1.54) is 116 Å². The Morgan fingerprint density at radius 3 is 1.27 bits per heavy atom. The lowest BCUT2D eigenvalue weighted by molar-refractivity contribution is -0.169. The number of carbonyl (C=O) groups is 2. The van der Waals surface area contributed by atoms with Crippen LogP contribution in [-0.4, -0.2) is 54.8 Å². The Morgan fingerprint density at radius 2 is 0.891 bits per heavy atom. The zero-order chi connectivity index (χ0) is 39.3. The van der Waals surface area contributed by atoms with Crippen molar-refractivity contribution in [2.24, 2.45) is 0 Å². The fourth-order valence-electron chi connectivity index (χ4n) is 6.84. The van der Waals surface area contributed by atoms with E-state index in [1.807, 2.05) is 31.1 Å². The fourth-order valence-corrected chi connectivity index (χ4v) is 6.84. The molecule has 0 radical (unpaired) electrons. The lowest BCUT2D eigenvalue weighted by Crippen LogP contribution is -2.43. The van der Waals surface area contributed by atoms with E-state index in [0.717, 1.165) is 56.9 Å². The maximum Gasteiger partial charge on any atom is 0.306 e. The van der Waals surface area contributed by atoms with E-state index in [0.29, 0.717) is 25.8 Å². The minimum atomic E-state index is -0.606. The van der Waals surface area contributed by atoms with Gasteiger partial charge in [0.1, 0.15) is 11.9 Å². The van der Waals surface area contributed by atoms with Gasteiger partial charge < -0.3 is 19.5 Å². The molecule has 2 unspecified atom stereocenters. The lowest BCUT2D eigenvalue weighted by Gasteiger charge is -2.29. The molecule has 1 N–H and O–H groups in total. The molecule has 0 heterocycles. The molecule has 0 bridgehead atoms. The first-order chi connectivity index (χ1) is 26.3. The number of likely N-dealkylation sites (N-methyl/N-ethyl adjacent to an activating group) is 1. The molecule has 0 aliphatic heterocycles. The second kappa shape index (κ2) is 38.7. The summed E-state index contributed by atoms with van der Waals surface area (Å²) in [7, 11) is 3.88. The largest absolute Gasteiger partial charge is 0.508 e. The number of ether oxygens (including phenoxy) is 2. The number of hydrogen-bond acceptors (Lipinski definition) is 6. The molecule has 0 aliphatic carbocycles. The maximum atomic E-state index is 13.1. The number of nitrogens with zero attached hydrogens (tertiary/aromatic N) is 1. The smallest absolute Gasteiger partial charge is 0.306 e. The van der Waals surface area contributed by atoms with Crippen LogP contribution in [-0.2, 0) is 25.5 Å². The van der Waals surface area contributed by atoms with Gasteiger partial charge in [0, 0.05) is 25.8 Å². The Labute approximate surface area is 349 Å². The summed E-state index contributed by atoms with van der Waals surface area (Å²) in [5.74, 6) is -0.287. The number of rotatable bonds is 37. The number of phenols is 1. The molecular weight excluding hydrogens is 750 g/mol. The van der Waals surface area contributed by atoms with Crippen LogP contribution < -0.4 is 0 Å². The second-order valence-corrected chi connectivity index (χ2v) is 15.9. The monoisotopic (exact) mass is 834 g/mol. The van der Waals surface area contributed by atoms with E-state index in [-0.39, 0.29) is 34.7 Å². The maximum absolute atomic E-state index is 13.1. The fraction of sp³-hybridized carbons (Fsp3) is 0.750. The number of benzene rings is 1. The van der Waals surface area contributed by atoms with Crippen LogP contribution >= 0.6 is 17.0 Å². The van der Waals surface area contributed by atoms with Crippen LogP contribution in [0.15, 0.2) is 48.6 Å². The van der Waals surface area contributed by atoms with Crippen molar-refractivity contribution >= 4 is 28.9 Å². The van der Waals surface area contributed by atoms with Crippen LogP contribution in [0.4, 0.5) is 0 Å². The number of esters is 2. The van der Waals surface area contributed by atoms with Crippen molar-refractivity contribution in [1.29, 1.82) is 0 Å². The minimum absolute atomic E-state index is 0. The average molecular weight is 835 g/mol. The van der Waals surface area contributed by atoms with Gasteiger partial charge >= 0.3 is 11.9 Å². The van der Waals surface area contributed by atoms with Crippen molar-refractivity contribution in [3.63, 3.8) is 0 Å². The van der Waals surface area contributed by atoms with Crippen LogP contribution in [0, 0.1) is 0 Å². The summed E-state index contributed by atoms with van der Waals surface area (Å²) in [5, 5.41) is 9.81. The van der Waals surface area contributed by atoms with Gasteiger partial charge in [-0.05, 0) is 96.0 Å². The molecule has 1 rings (SSSR count). The highest BCUT2D eigenvalue weighted by Crippen LogP contribution is 2.19. The number of halogens is 1. The minimum Gasteiger partial charge on any atom is -0.508 e. The SMILES string of the molecule is Br.CCCCCCCC/C=C\CCCCCCCC(=O)OC(Cc1ccc(O)cc1)C(CN(C)C)OC(=O)CCCCCCC/C=C\CCCCCCCC. The van der Waals surface area contributed by atoms with Crippen molar-refractivity contribution in [2.45, 2.75) is 212 Å². The predicted molar refractivity (Wildman–Crippen MR) is 239 cm³/mol. The van der Waals surface area contributed by atoms with E-state index in [4.69, 9.17) is 9.47 Å². The molecule has 55 heavy (non-hydrogen) atoms. The van der Waals surface area contributed by atoms with Gasteiger partial charge in [-0.15, -0.1) is 17.0 Å². The Balaban J connectivity index is 0.0000292. The Morgan fingerprint density at radius 1 is 0.545 bits per heavy atom. The zero-order valence-electron chi connectivity index (χ0n) is 35.9. The number of carbonyl (C=O) groups excluding carboxylic acids is 2. The molecule has 0 saturated carbocycles. The highest BCUT2D eigenvalue weighted by molar-refractivity contribution is 8.93. The van der Waals surface area contributed by atoms with Crippen molar-refractivity contribution < 1.29 is 24.2 Å². The van der Waals surface area contributed by atoms with Crippen molar-refractivity contribution in [2.75, 3.05) is 20.6 Å². The summed E-state index contributed by atoms with van der Waals surface area (Å²) in [4.78, 5) is 28.1. The highest BCUT2D eigenvalue weighted by Gasteiger charge is 2.29. The molecule has 0 saturated heterocycles. The molecule has 0 aromatic heterocycles. The number of phenolic OH excluding ortho intramolecular Hbond substituents is 1. The van der Waals surface area contributed by atoms with E-state index in [2.05, 4.69) is 38.2 Å². The summed E-state index contributed by atoms with van der Waals surface area (Å²) in [6.45, 7) is 4.99. The Bertz CT molecular complexity index is 1070. The number of hydrogen-bond donors (Lipinski definition) is 1. The molecule has 2 atom stereocenters. The summed E-state index contributed by atoms with van der Waals surface area (Å²) < 4.78 is 12.1. The first-order valence-corrected chi connectivity index (χ1v) is 22.5. The molecule has 6 nitrogen and oxygen atoms in total. The normalized spacial score (nSPS) is 12.7. The molecule has 318 valence electrons. The second-order valence-electron chi connectivity index (χ2n) is 15.9. The van der Waals surface area contributed by atoms with Gasteiger partial charge in [-0.3, -0.25) is 9.59 Å². The molecule has 0 fully saturated rings. The van der Waals surface area contributed by atoms with E-state index in [9.17, 15) is 14.7 Å². The summed E-state index contributed by atoms with van der Waals surface area (Å²) in [5.41, 5.74) is 0.920. The zero-order valence-corrected chi connectivity index (χ0v) is 37.6. The lowest BCUT2D eigenvalue weighted by atomic mass is 10.0. The number of aromatic hydroxyl groups is 1. The summed E-state index contributed by atoms with van der Waals surface area (Å²) >= 11 is 0. The third-order valence-electron chi connectivity index (χ3n) is 10.2. The first-order valence-electron chi connectivity index (χ1n) is 22.5. The van der Waals surface area contributed by atoms with E-state index < -0.39 is 12.2 Å². The molecule has 1 aromatic rings. The summed E-state index contributed by atoms with van der Waals surface area (Å²) in [6, 6.07) is 6.94. The van der Waals surface area contributed by atoms with E-state index in [1.54, 1.807) is 12.1 Å². The van der Waals surface area contributed by atoms with Gasteiger partial charge in [-0.25, -0.2) is 0 Å². The third-order valence-corrected chi connectivity index (χ3v) is 10.2. The topological polar surface area (TPSA) is 76.1 Å². The average Bonchev–Trinajstić information content (AvgIpc) is 3.15. The Kier molecular flexibility index (Phi) is 37.2. The molecular formula is C48H84BrNO5. The standard InChI is InChI=1S/C48H83NO5.BrH/c1-5-7-9-11-13-15-17-19-21-23-25-27-29-31-33-35-47(51)53-45(41-43-37-39-44(50)40-38-43)46(42-49(3)4)54-48(52)36-34-32-30-28-26-24-22-20-18-16-14-12-10-8-6-2;/h19-22,37-40,45-46,50H,5-18,23-36,41-42H2,1-4H3;1H/b21-19-,22-20-;. The van der Waals surface area contributed by atoms with Crippen LogP contribution in [0.2, 0.25) is 0 Å². The van der Waals surface area contributed by atoms with Crippen molar-refractivity contribution in [3.8, 4) is 5.75 Å². The molecule has 1 aromatic carbocycles. The molecule has 0 amide bonds. The molecule has 0 aliphatic rings. The van der Waals surface area contributed by atoms with Gasteiger partial charge in [-0.1, -0.05) is 153 Å². The third kappa shape index (κ3) is 33.7. The van der Waals surface area contributed by atoms with Gasteiger partial charge in [-0.2, -0.15) is 0 Å². The molecule has 0 spiro atoms. The van der Waals surface area contributed by atoms with Gasteiger partial charge in [0.25, 0.3) is 0 Å². The van der Waals surface area contributed by atoms with Crippen LogP contribution in [0.3, 0.4) is 0 Å². The van der Waals surface area contributed by atoms with Gasteiger partial charge in [0.05, 0.1) is 0 Å². The summed E-state index contributed by atoms with van der Waals surface area (Å²) in [6.07, 6.45) is 40.8. The first kappa shape index (κ1) is 52.9. The quantitative estimate of drug-likeness (QED) is 0.0409. The molecule has 7 heteroatoms. The van der Waals surface area contributed by atoms with Crippen molar-refractivity contribution in [1.82, 2.24) is 4.90 Å². The van der Waals surface area contributed by atoms with Gasteiger partial charge in [0.2, 0.25) is 0 Å². The van der Waals surface area contributed by atoms with E-state index >= 15 is 0 Å². The Hall–Kier alpha value is -2.12. The van der Waals surface area contributed by atoms with Gasteiger partial charge in [0.15, 0.2) is 6.10 Å².